The van der Waals surface area contributed by atoms with Gasteiger partial charge in [0.1, 0.15) is 13.2 Å². The van der Waals surface area contributed by atoms with E-state index in [0.29, 0.717) is 41.7 Å². The molecule has 0 saturated carbocycles. The first-order valence-corrected chi connectivity index (χ1v) is 8.06. The Labute approximate surface area is 148 Å². The van der Waals surface area contributed by atoms with E-state index in [4.69, 9.17) is 9.47 Å². The van der Waals surface area contributed by atoms with Crippen LogP contribution in [-0.2, 0) is 0 Å². The molecule has 0 saturated heterocycles. The van der Waals surface area contributed by atoms with Crippen molar-refractivity contribution in [3.05, 3.63) is 70.5 Å². The van der Waals surface area contributed by atoms with Crippen LogP contribution in [0.3, 0.4) is 0 Å². The number of hydrogen-bond acceptors (Lipinski definition) is 5. The lowest BCUT2D eigenvalue weighted by molar-refractivity contribution is 0.102. The van der Waals surface area contributed by atoms with Gasteiger partial charge < -0.3 is 14.8 Å². The second-order valence-electron chi connectivity index (χ2n) is 5.70. The highest BCUT2D eigenvalue weighted by Crippen LogP contribution is 2.31. The van der Waals surface area contributed by atoms with Crippen LogP contribution in [0.5, 0.6) is 11.5 Å². The number of carbonyl (C=O) groups excluding carboxylic acids is 1. The summed E-state index contributed by atoms with van der Waals surface area (Å²) in [4.78, 5) is 23.7. The first kappa shape index (κ1) is 15.9. The van der Waals surface area contributed by atoms with E-state index in [9.17, 15) is 9.59 Å². The molecule has 0 radical (unpaired) electrons. The van der Waals surface area contributed by atoms with E-state index in [-0.39, 0.29) is 11.5 Å². The van der Waals surface area contributed by atoms with Gasteiger partial charge in [-0.05, 0) is 36.4 Å². The summed E-state index contributed by atoms with van der Waals surface area (Å²) in [6.45, 7) is 0.969. The first-order chi connectivity index (χ1) is 12.7. The van der Waals surface area contributed by atoms with E-state index in [1.807, 2.05) is 12.1 Å². The van der Waals surface area contributed by atoms with Crippen molar-refractivity contribution in [2.75, 3.05) is 18.5 Å². The van der Waals surface area contributed by atoms with Crippen molar-refractivity contribution in [3.8, 4) is 22.8 Å². The zero-order valence-electron chi connectivity index (χ0n) is 13.7. The molecule has 0 spiro atoms. The molecule has 1 aromatic heterocycles. The minimum atomic E-state index is -0.267. The molecule has 2 aromatic carbocycles. The average Bonchev–Trinajstić information content (AvgIpc) is 2.68. The Kier molecular flexibility index (Phi) is 4.10. The number of nitrogens with one attached hydrogen (secondary N) is 2. The number of hydrogen-bond donors (Lipinski definition) is 2. The summed E-state index contributed by atoms with van der Waals surface area (Å²) >= 11 is 0. The second-order valence-corrected chi connectivity index (χ2v) is 5.70. The van der Waals surface area contributed by atoms with E-state index < -0.39 is 0 Å². The Bertz CT molecular complexity index is 1010. The van der Waals surface area contributed by atoms with E-state index in [0.717, 1.165) is 5.56 Å². The van der Waals surface area contributed by atoms with Gasteiger partial charge in [-0.15, -0.1) is 0 Å². The van der Waals surface area contributed by atoms with Gasteiger partial charge >= 0.3 is 0 Å². The van der Waals surface area contributed by atoms with Crippen LogP contribution in [0.25, 0.3) is 11.3 Å². The van der Waals surface area contributed by atoms with Crippen molar-refractivity contribution in [2.45, 2.75) is 0 Å². The van der Waals surface area contributed by atoms with Gasteiger partial charge in [-0.1, -0.05) is 12.1 Å². The monoisotopic (exact) mass is 349 g/mol. The molecule has 26 heavy (non-hydrogen) atoms. The van der Waals surface area contributed by atoms with Crippen molar-refractivity contribution in [2.24, 2.45) is 0 Å². The van der Waals surface area contributed by atoms with Crippen LogP contribution >= 0.6 is 0 Å². The van der Waals surface area contributed by atoms with Crippen LogP contribution in [0.15, 0.2) is 59.4 Å². The summed E-state index contributed by atoms with van der Waals surface area (Å²) in [6, 6.07) is 15.3. The third kappa shape index (κ3) is 3.27. The fraction of sp³-hybridized carbons (Fsp3) is 0.105. The smallest absolute Gasteiger partial charge is 0.264 e. The van der Waals surface area contributed by atoms with Crippen molar-refractivity contribution in [1.82, 2.24) is 10.2 Å². The Morgan fingerprint density at radius 2 is 1.85 bits per heavy atom. The molecular weight excluding hydrogens is 334 g/mol. The number of amides is 1. The lowest BCUT2D eigenvalue weighted by Gasteiger charge is -2.18. The summed E-state index contributed by atoms with van der Waals surface area (Å²) < 4.78 is 11.0. The van der Waals surface area contributed by atoms with Gasteiger partial charge in [0.25, 0.3) is 11.5 Å². The molecule has 7 heteroatoms. The van der Waals surface area contributed by atoms with Crippen LogP contribution in [0.1, 0.15) is 10.4 Å². The fourth-order valence-corrected chi connectivity index (χ4v) is 2.65. The van der Waals surface area contributed by atoms with Gasteiger partial charge in [-0.25, -0.2) is 5.10 Å². The highest BCUT2D eigenvalue weighted by atomic mass is 16.6. The van der Waals surface area contributed by atoms with Crippen molar-refractivity contribution < 1.29 is 14.3 Å². The van der Waals surface area contributed by atoms with Crippen LogP contribution in [0, 0.1) is 0 Å². The third-order valence-corrected chi connectivity index (χ3v) is 3.90. The van der Waals surface area contributed by atoms with Gasteiger partial charge in [-0.3, -0.25) is 9.59 Å². The number of nitrogens with zero attached hydrogens (tertiary/aromatic N) is 1. The molecule has 2 heterocycles. The molecule has 0 atom stereocenters. The maximum Gasteiger partial charge on any atom is 0.264 e. The van der Waals surface area contributed by atoms with Gasteiger partial charge in [-0.2, -0.15) is 5.10 Å². The lowest BCUT2D eigenvalue weighted by Crippen LogP contribution is -2.17. The largest absolute Gasteiger partial charge is 0.486 e. The number of aromatic nitrogens is 2. The average molecular weight is 349 g/mol. The lowest BCUT2D eigenvalue weighted by atomic mass is 10.1. The molecular formula is C19H15N3O4. The predicted octanol–water partition coefficient (Wildman–Crippen LogP) is 2.46. The summed E-state index contributed by atoms with van der Waals surface area (Å²) in [5, 5.41) is 9.24. The molecule has 2 N–H and O–H groups in total. The molecule has 1 aliphatic heterocycles. The molecule has 0 unspecified atom stereocenters. The third-order valence-electron chi connectivity index (χ3n) is 3.90. The SMILES string of the molecule is O=C(Nc1cccc(-c2ccc(=O)[nH]n2)c1)c1ccc2c(c1)OCCO2. The Morgan fingerprint density at radius 3 is 2.65 bits per heavy atom. The Hall–Kier alpha value is -3.61. The van der Waals surface area contributed by atoms with Crippen molar-refractivity contribution >= 4 is 11.6 Å². The summed E-state index contributed by atoms with van der Waals surface area (Å²) in [6.07, 6.45) is 0. The van der Waals surface area contributed by atoms with E-state index in [1.54, 1.807) is 36.4 Å². The highest BCUT2D eigenvalue weighted by Gasteiger charge is 2.15. The number of anilines is 1. The number of aromatic amines is 1. The highest BCUT2D eigenvalue weighted by molar-refractivity contribution is 6.04. The van der Waals surface area contributed by atoms with Crippen LogP contribution in [0.4, 0.5) is 5.69 Å². The summed E-state index contributed by atoms with van der Waals surface area (Å²) in [5.41, 5.74) is 2.22. The van der Waals surface area contributed by atoms with Crippen molar-refractivity contribution in [3.63, 3.8) is 0 Å². The van der Waals surface area contributed by atoms with Gasteiger partial charge in [0.2, 0.25) is 0 Å². The number of fused-ring (bicyclic) bond motifs is 1. The number of H-pyrrole nitrogens is 1. The fourth-order valence-electron chi connectivity index (χ4n) is 2.65. The molecule has 1 aliphatic rings. The number of carbonyl (C=O) groups is 1. The van der Waals surface area contributed by atoms with Crippen LogP contribution in [0.2, 0.25) is 0 Å². The van der Waals surface area contributed by atoms with Gasteiger partial charge in [0.15, 0.2) is 11.5 Å². The number of benzene rings is 2. The molecule has 3 aromatic rings. The summed E-state index contributed by atoms with van der Waals surface area (Å²) in [7, 11) is 0. The standard InChI is InChI=1S/C19H15N3O4/c23-18-7-5-15(21-22-18)12-2-1-3-14(10-12)20-19(24)13-4-6-16-17(11-13)26-9-8-25-16/h1-7,10-11H,8-9H2,(H,20,24)(H,22,23). The van der Waals surface area contributed by atoms with Crippen molar-refractivity contribution in [1.29, 1.82) is 0 Å². The number of rotatable bonds is 3. The Morgan fingerprint density at radius 1 is 1.00 bits per heavy atom. The zero-order valence-corrected chi connectivity index (χ0v) is 13.7. The quantitative estimate of drug-likeness (QED) is 0.758. The summed E-state index contributed by atoms with van der Waals surface area (Å²) in [5.74, 6) is 0.947. The maximum absolute atomic E-state index is 12.5. The molecule has 130 valence electrons. The number of ether oxygens (including phenoxy) is 2. The van der Waals surface area contributed by atoms with E-state index >= 15 is 0 Å². The molecule has 0 aliphatic carbocycles. The molecule has 0 fully saturated rings. The minimum Gasteiger partial charge on any atom is -0.486 e. The zero-order chi connectivity index (χ0) is 17.9. The molecule has 1 amide bonds. The van der Waals surface area contributed by atoms with E-state index in [1.165, 1.54) is 6.07 Å². The van der Waals surface area contributed by atoms with Crippen LogP contribution in [-0.4, -0.2) is 29.3 Å². The molecule has 7 nitrogen and oxygen atoms in total. The van der Waals surface area contributed by atoms with Gasteiger partial charge in [0, 0.05) is 22.9 Å². The molecule has 4 rings (SSSR count). The normalized spacial score (nSPS) is 12.5. The molecule has 0 bridgehead atoms. The topological polar surface area (TPSA) is 93.3 Å². The van der Waals surface area contributed by atoms with E-state index in [2.05, 4.69) is 15.5 Å². The second kappa shape index (κ2) is 6.72. The maximum atomic E-state index is 12.5. The van der Waals surface area contributed by atoms with Gasteiger partial charge in [0.05, 0.1) is 5.69 Å². The first-order valence-electron chi connectivity index (χ1n) is 8.06. The predicted molar refractivity (Wildman–Crippen MR) is 95.7 cm³/mol. The van der Waals surface area contributed by atoms with Crippen LogP contribution < -0.4 is 20.3 Å². The minimum absolute atomic E-state index is 0.256. The Balaban J connectivity index is 1.55.